The summed E-state index contributed by atoms with van der Waals surface area (Å²) in [6, 6.07) is -5.31. The summed E-state index contributed by atoms with van der Waals surface area (Å²) in [5.74, 6) is -4.92. The van der Waals surface area contributed by atoms with Crippen LogP contribution in [0.3, 0.4) is 0 Å². The van der Waals surface area contributed by atoms with E-state index in [9.17, 15) is 34.2 Å². The van der Waals surface area contributed by atoms with E-state index in [0.29, 0.717) is 19.4 Å². The quantitative estimate of drug-likeness (QED) is 0.0479. The number of nitrogens with zero attached hydrogens (tertiary/aromatic N) is 1. The second-order valence-corrected chi connectivity index (χ2v) is 7.71. The number of carbonyl (C=O) groups excluding carboxylic acids is 4. The predicted molar refractivity (Wildman–Crippen MR) is 125 cm³/mol. The average Bonchev–Trinajstić information content (AvgIpc) is 2.77. The average molecular weight is 504 g/mol. The molecule has 0 aromatic heterocycles. The highest BCUT2D eigenvalue weighted by atomic mass is 16.4. The molecule has 35 heavy (non-hydrogen) atoms. The molecule has 0 heterocycles. The lowest BCUT2D eigenvalue weighted by Crippen LogP contribution is -2.58. The van der Waals surface area contributed by atoms with Gasteiger partial charge in [-0.15, -0.1) is 0 Å². The van der Waals surface area contributed by atoms with Crippen LogP contribution >= 0.6 is 0 Å². The fourth-order valence-electron chi connectivity index (χ4n) is 2.85. The Morgan fingerprint density at radius 1 is 0.800 bits per heavy atom. The van der Waals surface area contributed by atoms with E-state index in [2.05, 4.69) is 20.9 Å². The third-order valence-corrected chi connectivity index (χ3v) is 4.71. The van der Waals surface area contributed by atoms with Crippen molar-refractivity contribution in [1.29, 1.82) is 0 Å². The van der Waals surface area contributed by atoms with Gasteiger partial charge in [-0.05, 0) is 38.6 Å². The predicted octanol–water partition coefficient (Wildman–Crippen LogP) is -5.10. The number of hydrogen-bond donors (Lipinski definition) is 10. The van der Waals surface area contributed by atoms with E-state index in [1.165, 1.54) is 0 Å². The van der Waals surface area contributed by atoms with Crippen LogP contribution in [0.15, 0.2) is 4.99 Å². The van der Waals surface area contributed by atoms with Gasteiger partial charge >= 0.3 is 5.97 Å². The zero-order valence-electron chi connectivity index (χ0n) is 19.4. The maximum absolute atomic E-state index is 12.8. The number of rotatable bonds is 18. The number of nitrogens with two attached hydrogens (primary N) is 5. The minimum Gasteiger partial charge on any atom is -0.480 e. The van der Waals surface area contributed by atoms with Crippen molar-refractivity contribution in [3.05, 3.63) is 0 Å². The Kier molecular flexibility index (Phi) is 15.3. The van der Waals surface area contributed by atoms with Crippen LogP contribution in [-0.4, -0.2) is 89.6 Å². The number of primary amides is 1. The van der Waals surface area contributed by atoms with E-state index in [-0.39, 0.29) is 31.8 Å². The van der Waals surface area contributed by atoms with E-state index >= 15 is 0 Å². The van der Waals surface area contributed by atoms with Crippen molar-refractivity contribution in [1.82, 2.24) is 16.0 Å². The molecule has 15 N–H and O–H groups in total. The van der Waals surface area contributed by atoms with Crippen LogP contribution in [0.5, 0.6) is 0 Å². The van der Waals surface area contributed by atoms with Crippen molar-refractivity contribution in [3.63, 3.8) is 0 Å². The summed E-state index contributed by atoms with van der Waals surface area (Å²) >= 11 is 0. The first-order chi connectivity index (χ1) is 16.4. The molecular formula is C19H37N9O7. The lowest BCUT2D eigenvalue weighted by Gasteiger charge is -2.24. The second-order valence-electron chi connectivity index (χ2n) is 7.71. The van der Waals surface area contributed by atoms with Gasteiger partial charge in [-0.1, -0.05) is 0 Å². The highest BCUT2D eigenvalue weighted by Crippen LogP contribution is 2.04. The van der Waals surface area contributed by atoms with Crippen molar-refractivity contribution in [2.75, 3.05) is 19.7 Å². The molecule has 4 atom stereocenters. The second kappa shape index (κ2) is 17.0. The van der Waals surface area contributed by atoms with Crippen LogP contribution in [0.4, 0.5) is 0 Å². The van der Waals surface area contributed by atoms with Gasteiger partial charge in [-0.2, -0.15) is 0 Å². The van der Waals surface area contributed by atoms with E-state index in [1.807, 2.05) is 0 Å². The molecule has 0 saturated carbocycles. The summed E-state index contributed by atoms with van der Waals surface area (Å²) in [6.45, 7) is -0.361. The van der Waals surface area contributed by atoms with Crippen LogP contribution in [0, 0.1) is 0 Å². The normalized spacial score (nSPS) is 14.0. The summed E-state index contributed by atoms with van der Waals surface area (Å²) in [5.41, 5.74) is 26.5. The van der Waals surface area contributed by atoms with Crippen molar-refractivity contribution < 1.29 is 34.2 Å². The van der Waals surface area contributed by atoms with Gasteiger partial charge in [0.15, 0.2) is 5.96 Å². The number of carboxylic acids is 1. The first-order valence-electron chi connectivity index (χ1n) is 11.0. The Bertz CT molecular complexity index is 759. The van der Waals surface area contributed by atoms with E-state index in [0.717, 1.165) is 0 Å². The molecule has 0 saturated heterocycles. The summed E-state index contributed by atoms with van der Waals surface area (Å²) in [4.78, 5) is 63.7. The van der Waals surface area contributed by atoms with Gasteiger partial charge in [-0.3, -0.25) is 24.2 Å². The Balaban J connectivity index is 5.32. The van der Waals surface area contributed by atoms with Gasteiger partial charge in [0.25, 0.3) is 0 Å². The molecule has 0 aromatic carbocycles. The zero-order chi connectivity index (χ0) is 27.0. The summed E-state index contributed by atoms with van der Waals surface area (Å²) in [6.07, 6.45) is 0.883. The topological polar surface area (TPSA) is 304 Å². The number of unbranched alkanes of at least 4 members (excludes halogenated alkanes) is 1. The maximum Gasteiger partial charge on any atom is 0.326 e. The van der Waals surface area contributed by atoms with E-state index in [4.69, 9.17) is 28.7 Å². The molecule has 16 nitrogen and oxygen atoms in total. The molecule has 0 aliphatic heterocycles. The van der Waals surface area contributed by atoms with Gasteiger partial charge in [-0.25, -0.2) is 4.79 Å². The van der Waals surface area contributed by atoms with Crippen molar-refractivity contribution in [2.45, 2.75) is 62.7 Å². The molecule has 0 spiro atoms. The molecule has 4 amide bonds. The van der Waals surface area contributed by atoms with Crippen LogP contribution in [0.1, 0.15) is 38.5 Å². The van der Waals surface area contributed by atoms with E-state index in [1.54, 1.807) is 0 Å². The van der Waals surface area contributed by atoms with Gasteiger partial charge < -0.3 is 54.8 Å². The molecule has 0 bridgehead atoms. The number of aliphatic imine (C=N–C) groups is 1. The first kappa shape index (κ1) is 31.5. The monoisotopic (exact) mass is 503 g/mol. The molecule has 0 fully saturated rings. The number of guanidine groups is 1. The summed E-state index contributed by atoms with van der Waals surface area (Å²) in [7, 11) is 0. The van der Waals surface area contributed by atoms with Crippen LogP contribution < -0.4 is 44.6 Å². The molecule has 200 valence electrons. The molecule has 0 aliphatic carbocycles. The highest BCUT2D eigenvalue weighted by molar-refractivity contribution is 5.95. The SMILES string of the molecule is NCCCCC(NC(=O)C(CO)NC(=O)C(CCCN=C(N)N)NC(=O)C(N)CC(N)=O)C(=O)O. The molecule has 0 aromatic rings. The van der Waals surface area contributed by atoms with Crippen molar-refractivity contribution in [3.8, 4) is 0 Å². The number of aliphatic carboxylic acids is 1. The first-order valence-corrected chi connectivity index (χ1v) is 11.0. The number of hydrogen-bond acceptors (Lipinski definition) is 9. The summed E-state index contributed by atoms with van der Waals surface area (Å²) in [5, 5.41) is 25.8. The molecule has 0 rings (SSSR count). The third-order valence-electron chi connectivity index (χ3n) is 4.71. The van der Waals surface area contributed by atoms with Gasteiger partial charge in [0.05, 0.1) is 19.1 Å². The number of aliphatic hydroxyl groups is 1. The lowest BCUT2D eigenvalue weighted by atomic mass is 10.1. The van der Waals surface area contributed by atoms with Crippen LogP contribution in [0.25, 0.3) is 0 Å². The summed E-state index contributed by atoms with van der Waals surface area (Å²) < 4.78 is 0. The van der Waals surface area contributed by atoms with Crippen molar-refractivity contribution >= 4 is 35.6 Å². The van der Waals surface area contributed by atoms with Gasteiger partial charge in [0.1, 0.15) is 18.1 Å². The molecule has 0 radical (unpaired) electrons. The van der Waals surface area contributed by atoms with Crippen LogP contribution in [-0.2, 0) is 24.0 Å². The fraction of sp³-hybridized carbons (Fsp3) is 0.684. The Morgan fingerprint density at radius 3 is 1.86 bits per heavy atom. The van der Waals surface area contributed by atoms with Crippen molar-refractivity contribution in [2.24, 2.45) is 33.7 Å². The Morgan fingerprint density at radius 2 is 1.34 bits per heavy atom. The Labute approximate surface area is 202 Å². The Hall–Kier alpha value is -3.50. The molecular weight excluding hydrogens is 466 g/mol. The number of carbonyl (C=O) groups is 5. The number of amides is 4. The number of aliphatic hydroxyl groups excluding tert-OH is 1. The molecule has 4 unspecified atom stereocenters. The smallest absolute Gasteiger partial charge is 0.326 e. The molecule has 0 aliphatic rings. The standard InChI is InChI=1S/C19H37N9O7/c20-6-2-1-4-12(18(34)35)27-17(33)13(9-29)28-16(32)11(5-3-7-25-19(23)24)26-15(31)10(21)8-14(22)30/h10-13,29H,1-9,20-21H2,(H2,22,30)(H,26,31)(H,27,33)(H,28,32)(H,34,35)(H4,23,24,25). The lowest BCUT2D eigenvalue weighted by molar-refractivity contribution is -0.142. The van der Waals surface area contributed by atoms with Gasteiger partial charge in [0, 0.05) is 6.54 Å². The maximum atomic E-state index is 12.8. The van der Waals surface area contributed by atoms with Crippen LogP contribution in [0.2, 0.25) is 0 Å². The third kappa shape index (κ3) is 13.7. The number of nitrogens with one attached hydrogen (secondary N) is 3. The molecule has 16 heteroatoms. The van der Waals surface area contributed by atoms with Gasteiger partial charge in [0.2, 0.25) is 23.6 Å². The highest BCUT2D eigenvalue weighted by Gasteiger charge is 2.30. The number of carboxylic acid groups (broad SMARTS) is 1. The van der Waals surface area contributed by atoms with E-state index < -0.39 is 66.8 Å². The minimum atomic E-state index is -1.50. The largest absolute Gasteiger partial charge is 0.480 e. The fourth-order valence-corrected chi connectivity index (χ4v) is 2.85. The zero-order valence-corrected chi connectivity index (χ0v) is 19.4. The minimum absolute atomic E-state index is 0.00819.